The Balaban J connectivity index is 2.11. The summed E-state index contributed by atoms with van der Waals surface area (Å²) in [6, 6.07) is 0.294. The number of rotatable bonds is 0. The molecule has 1 aliphatic heterocycles. The summed E-state index contributed by atoms with van der Waals surface area (Å²) in [5.41, 5.74) is 1.50. The van der Waals surface area contributed by atoms with Crippen molar-refractivity contribution in [2.45, 2.75) is 43.8 Å². The molecule has 18 heavy (non-hydrogen) atoms. The SMILES string of the molecule is CC1CCSc2nc3sc4c(c3c(=O)n21)CCC4. The predicted octanol–water partition coefficient (Wildman–Crippen LogP) is 3.00. The number of thiophene rings is 1. The third-order valence-electron chi connectivity index (χ3n) is 3.95. The zero-order chi connectivity index (χ0) is 12.3. The minimum Gasteiger partial charge on any atom is -0.284 e. The van der Waals surface area contributed by atoms with E-state index in [2.05, 4.69) is 6.92 Å². The third-order valence-corrected chi connectivity index (χ3v) is 6.12. The topological polar surface area (TPSA) is 34.9 Å². The Labute approximate surface area is 113 Å². The normalized spacial score (nSPS) is 22.2. The van der Waals surface area contributed by atoms with E-state index in [1.165, 1.54) is 16.9 Å². The number of fused-ring (bicyclic) bond motifs is 4. The molecule has 0 fully saturated rings. The van der Waals surface area contributed by atoms with Gasteiger partial charge in [-0.15, -0.1) is 11.3 Å². The van der Waals surface area contributed by atoms with Crippen molar-refractivity contribution in [2.75, 3.05) is 5.75 Å². The van der Waals surface area contributed by atoms with Crippen LogP contribution in [0.5, 0.6) is 0 Å². The van der Waals surface area contributed by atoms with Crippen LogP contribution >= 0.6 is 23.1 Å². The van der Waals surface area contributed by atoms with Gasteiger partial charge in [-0.2, -0.15) is 0 Å². The number of hydrogen-bond acceptors (Lipinski definition) is 4. The molecule has 0 N–H and O–H groups in total. The van der Waals surface area contributed by atoms with Crippen LogP contribution in [-0.4, -0.2) is 15.3 Å². The molecule has 0 bridgehead atoms. The van der Waals surface area contributed by atoms with Gasteiger partial charge in [-0.25, -0.2) is 4.98 Å². The third kappa shape index (κ3) is 1.37. The molecule has 2 aromatic heterocycles. The lowest BCUT2D eigenvalue weighted by molar-refractivity contribution is 0.458. The second-order valence-corrected chi connectivity index (χ2v) is 7.24. The Kier molecular flexibility index (Phi) is 2.36. The lowest BCUT2D eigenvalue weighted by Gasteiger charge is -2.23. The molecular weight excluding hydrogens is 264 g/mol. The number of hydrogen-bond donors (Lipinski definition) is 0. The zero-order valence-electron chi connectivity index (χ0n) is 10.2. The van der Waals surface area contributed by atoms with Crippen molar-refractivity contribution in [3.63, 3.8) is 0 Å². The van der Waals surface area contributed by atoms with Gasteiger partial charge in [0.2, 0.25) is 0 Å². The zero-order valence-corrected chi connectivity index (χ0v) is 11.9. The van der Waals surface area contributed by atoms with Gasteiger partial charge in [0.05, 0.1) is 5.39 Å². The van der Waals surface area contributed by atoms with Gasteiger partial charge in [-0.1, -0.05) is 11.8 Å². The molecule has 0 radical (unpaired) electrons. The number of aryl methyl sites for hydroxylation is 2. The summed E-state index contributed by atoms with van der Waals surface area (Å²) >= 11 is 3.46. The molecule has 2 aromatic rings. The van der Waals surface area contributed by atoms with Crippen molar-refractivity contribution in [2.24, 2.45) is 0 Å². The molecule has 2 aliphatic rings. The highest BCUT2D eigenvalue weighted by Gasteiger charge is 2.26. The van der Waals surface area contributed by atoms with Crippen molar-refractivity contribution in [3.8, 4) is 0 Å². The van der Waals surface area contributed by atoms with E-state index < -0.39 is 0 Å². The van der Waals surface area contributed by atoms with Crippen LogP contribution in [0.1, 0.15) is 36.2 Å². The van der Waals surface area contributed by atoms with E-state index in [9.17, 15) is 4.79 Å². The summed E-state index contributed by atoms with van der Waals surface area (Å²) in [5, 5.41) is 1.84. The summed E-state index contributed by atoms with van der Waals surface area (Å²) < 4.78 is 1.92. The Morgan fingerprint density at radius 1 is 1.39 bits per heavy atom. The summed E-state index contributed by atoms with van der Waals surface area (Å²) in [7, 11) is 0. The van der Waals surface area contributed by atoms with Crippen molar-refractivity contribution < 1.29 is 0 Å². The lowest BCUT2D eigenvalue weighted by atomic mass is 10.2. The van der Waals surface area contributed by atoms with Gasteiger partial charge in [-0.3, -0.25) is 9.36 Å². The molecule has 0 spiro atoms. The van der Waals surface area contributed by atoms with E-state index in [4.69, 9.17) is 4.98 Å². The smallest absolute Gasteiger partial charge is 0.263 e. The summed E-state index contributed by atoms with van der Waals surface area (Å²) in [4.78, 5) is 19.8. The Morgan fingerprint density at radius 3 is 3.17 bits per heavy atom. The van der Waals surface area contributed by atoms with E-state index in [1.807, 2.05) is 4.57 Å². The quantitative estimate of drug-likeness (QED) is 0.695. The molecule has 94 valence electrons. The maximum absolute atomic E-state index is 12.7. The highest BCUT2D eigenvalue weighted by molar-refractivity contribution is 7.99. The maximum atomic E-state index is 12.7. The second-order valence-electron chi connectivity index (χ2n) is 5.09. The number of nitrogens with zero attached hydrogens (tertiary/aromatic N) is 2. The van der Waals surface area contributed by atoms with Crippen molar-refractivity contribution >= 4 is 33.3 Å². The Bertz CT molecular complexity index is 701. The molecule has 0 saturated heterocycles. The van der Waals surface area contributed by atoms with E-state index in [1.54, 1.807) is 23.1 Å². The second kappa shape index (κ2) is 3.84. The first-order valence-electron chi connectivity index (χ1n) is 6.45. The first-order chi connectivity index (χ1) is 8.75. The molecule has 3 nitrogen and oxygen atoms in total. The number of thioether (sulfide) groups is 1. The van der Waals surface area contributed by atoms with Gasteiger partial charge in [-0.05, 0) is 38.2 Å². The molecule has 1 unspecified atom stereocenters. The Morgan fingerprint density at radius 2 is 2.28 bits per heavy atom. The van der Waals surface area contributed by atoms with Crippen LogP contribution in [0.4, 0.5) is 0 Å². The van der Waals surface area contributed by atoms with Gasteiger partial charge in [0.1, 0.15) is 4.83 Å². The number of aromatic nitrogens is 2. The minimum absolute atomic E-state index is 0.203. The molecule has 1 atom stereocenters. The minimum atomic E-state index is 0.203. The summed E-state index contributed by atoms with van der Waals surface area (Å²) in [6.07, 6.45) is 4.46. The van der Waals surface area contributed by atoms with Crippen molar-refractivity contribution in [1.82, 2.24) is 9.55 Å². The van der Waals surface area contributed by atoms with Gasteiger partial charge in [0, 0.05) is 16.7 Å². The predicted molar refractivity (Wildman–Crippen MR) is 76.0 cm³/mol. The van der Waals surface area contributed by atoms with E-state index in [0.717, 1.165) is 40.4 Å². The van der Waals surface area contributed by atoms with Crippen LogP contribution in [0.3, 0.4) is 0 Å². The average Bonchev–Trinajstić information content (AvgIpc) is 2.88. The van der Waals surface area contributed by atoms with E-state index >= 15 is 0 Å². The first-order valence-corrected chi connectivity index (χ1v) is 8.25. The van der Waals surface area contributed by atoms with Crippen LogP contribution in [0, 0.1) is 0 Å². The Hall–Kier alpha value is -0.810. The van der Waals surface area contributed by atoms with E-state index in [-0.39, 0.29) is 5.56 Å². The van der Waals surface area contributed by atoms with Gasteiger partial charge >= 0.3 is 0 Å². The lowest BCUT2D eigenvalue weighted by Crippen LogP contribution is -2.29. The molecule has 0 aromatic carbocycles. The molecule has 5 heteroatoms. The monoisotopic (exact) mass is 278 g/mol. The fraction of sp³-hybridized carbons (Fsp3) is 0.538. The molecule has 0 saturated carbocycles. The van der Waals surface area contributed by atoms with Crippen molar-refractivity contribution in [1.29, 1.82) is 0 Å². The van der Waals surface area contributed by atoms with Crippen LogP contribution < -0.4 is 5.56 Å². The highest BCUT2D eigenvalue weighted by Crippen LogP contribution is 2.37. The fourth-order valence-corrected chi connectivity index (χ4v) is 5.49. The average molecular weight is 278 g/mol. The van der Waals surface area contributed by atoms with Crippen LogP contribution in [0.15, 0.2) is 9.95 Å². The van der Waals surface area contributed by atoms with Gasteiger partial charge in [0.15, 0.2) is 5.16 Å². The van der Waals surface area contributed by atoms with Crippen molar-refractivity contribution in [3.05, 3.63) is 20.8 Å². The summed E-state index contributed by atoms with van der Waals surface area (Å²) in [6.45, 7) is 2.13. The molecular formula is C13H14N2OS2. The van der Waals surface area contributed by atoms with E-state index in [0.29, 0.717) is 6.04 Å². The maximum Gasteiger partial charge on any atom is 0.263 e. The standard InChI is InChI=1S/C13H14N2OS2/c1-7-5-6-17-13-14-11-10(12(16)15(7)13)8-3-2-4-9(8)18-11/h7H,2-6H2,1H3. The molecule has 1 aliphatic carbocycles. The summed E-state index contributed by atoms with van der Waals surface area (Å²) in [5.74, 6) is 1.07. The molecule has 3 heterocycles. The first kappa shape index (κ1) is 11.1. The van der Waals surface area contributed by atoms with Crippen LogP contribution in [-0.2, 0) is 12.8 Å². The van der Waals surface area contributed by atoms with Crippen LogP contribution in [0.25, 0.3) is 10.2 Å². The fourth-order valence-electron chi connectivity index (χ4n) is 2.98. The largest absolute Gasteiger partial charge is 0.284 e. The molecule has 0 amide bonds. The van der Waals surface area contributed by atoms with Crippen LogP contribution in [0.2, 0.25) is 0 Å². The highest BCUT2D eigenvalue weighted by atomic mass is 32.2. The molecule has 4 rings (SSSR count). The van der Waals surface area contributed by atoms with Gasteiger partial charge < -0.3 is 0 Å². The van der Waals surface area contributed by atoms with Gasteiger partial charge in [0.25, 0.3) is 5.56 Å².